The predicted octanol–water partition coefficient (Wildman–Crippen LogP) is 3.17. The molecule has 1 N–H and O–H groups in total. The van der Waals surface area contributed by atoms with Crippen LogP contribution in [0.1, 0.15) is 35.1 Å². The van der Waals surface area contributed by atoms with Gasteiger partial charge in [0, 0.05) is 0 Å². The summed E-state index contributed by atoms with van der Waals surface area (Å²) in [5.74, 6) is 0.297. The Balaban J connectivity index is 1.87. The van der Waals surface area contributed by atoms with E-state index in [4.69, 9.17) is 0 Å². The number of fused-ring (bicyclic) bond motifs is 2. The number of piperidine rings is 1. The van der Waals surface area contributed by atoms with Gasteiger partial charge in [-0.25, -0.2) is 0 Å². The second kappa shape index (κ2) is 5.22. The van der Waals surface area contributed by atoms with Crippen molar-refractivity contribution in [1.29, 1.82) is 0 Å². The fourth-order valence-corrected chi connectivity index (χ4v) is 4.31. The summed E-state index contributed by atoms with van der Waals surface area (Å²) in [6.07, 6.45) is 3.03. The van der Waals surface area contributed by atoms with Crippen LogP contribution in [0.5, 0.6) is 0 Å². The first kappa shape index (κ1) is 14.0. The summed E-state index contributed by atoms with van der Waals surface area (Å²) in [5.41, 5.74) is 3.99. The van der Waals surface area contributed by atoms with Crippen molar-refractivity contribution in [2.45, 2.75) is 24.9 Å². The summed E-state index contributed by atoms with van der Waals surface area (Å²) in [7, 11) is 2.17. The first-order valence-corrected chi connectivity index (χ1v) is 8.27. The highest BCUT2D eigenvalue weighted by atomic mass is 16.3. The van der Waals surface area contributed by atoms with Gasteiger partial charge in [-0.1, -0.05) is 48.5 Å². The number of nitrogens with zero attached hydrogens (tertiary/aromatic N) is 1. The molecule has 1 aliphatic carbocycles. The van der Waals surface area contributed by atoms with Gasteiger partial charge in [-0.2, -0.15) is 0 Å². The minimum atomic E-state index is -0.827. The van der Waals surface area contributed by atoms with Crippen molar-refractivity contribution in [2.24, 2.45) is 5.92 Å². The second-order valence-electron chi connectivity index (χ2n) is 6.84. The van der Waals surface area contributed by atoms with Crippen molar-refractivity contribution < 1.29 is 5.11 Å². The molecular weight excluding hydrogens is 270 g/mol. The standard InChI is InChI=1S/C20H23NO/c1-21-12-10-17(11-13-21)20(22)18-8-4-2-6-15(18)14-16-7-3-5-9-19(16)20/h2-9,17,22H,10-14H2,1H3. The molecule has 4 rings (SSSR count). The molecule has 114 valence electrons. The highest BCUT2D eigenvalue weighted by Gasteiger charge is 2.45. The molecule has 0 atom stereocenters. The molecular formula is C20H23NO. The van der Waals surface area contributed by atoms with Crippen molar-refractivity contribution in [3.63, 3.8) is 0 Å². The van der Waals surface area contributed by atoms with Crippen LogP contribution in [0.25, 0.3) is 0 Å². The smallest absolute Gasteiger partial charge is 0.118 e. The van der Waals surface area contributed by atoms with Gasteiger partial charge >= 0.3 is 0 Å². The Labute approximate surface area is 132 Å². The lowest BCUT2D eigenvalue weighted by atomic mass is 9.66. The molecule has 0 radical (unpaired) electrons. The lowest BCUT2D eigenvalue weighted by Gasteiger charge is -2.45. The van der Waals surface area contributed by atoms with E-state index in [0.29, 0.717) is 5.92 Å². The molecule has 2 aromatic carbocycles. The molecule has 2 aliphatic rings. The second-order valence-corrected chi connectivity index (χ2v) is 6.84. The maximum absolute atomic E-state index is 11.9. The highest BCUT2D eigenvalue weighted by Crippen LogP contribution is 2.47. The summed E-state index contributed by atoms with van der Waals surface area (Å²) in [6, 6.07) is 16.9. The molecule has 2 nitrogen and oxygen atoms in total. The van der Waals surface area contributed by atoms with E-state index in [1.165, 1.54) is 11.1 Å². The van der Waals surface area contributed by atoms with Gasteiger partial charge in [-0.3, -0.25) is 0 Å². The first-order valence-electron chi connectivity index (χ1n) is 8.27. The monoisotopic (exact) mass is 293 g/mol. The van der Waals surface area contributed by atoms with Crippen molar-refractivity contribution in [2.75, 3.05) is 20.1 Å². The third-order valence-corrected chi connectivity index (χ3v) is 5.55. The maximum atomic E-state index is 11.9. The van der Waals surface area contributed by atoms with Gasteiger partial charge < -0.3 is 10.0 Å². The van der Waals surface area contributed by atoms with Crippen LogP contribution in [0.3, 0.4) is 0 Å². The van der Waals surface area contributed by atoms with Crippen molar-refractivity contribution in [1.82, 2.24) is 4.90 Å². The summed E-state index contributed by atoms with van der Waals surface area (Å²) in [5, 5.41) is 11.9. The third kappa shape index (κ3) is 2.02. The molecule has 2 aromatic rings. The van der Waals surface area contributed by atoms with Crippen molar-refractivity contribution in [3.05, 3.63) is 70.8 Å². The summed E-state index contributed by atoms with van der Waals surface area (Å²) in [6.45, 7) is 2.13. The first-order chi connectivity index (χ1) is 10.7. The van der Waals surface area contributed by atoms with Crippen molar-refractivity contribution in [3.8, 4) is 0 Å². The Morgan fingerprint density at radius 2 is 1.41 bits per heavy atom. The fourth-order valence-electron chi connectivity index (χ4n) is 4.31. The quantitative estimate of drug-likeness (QED) is 0.873. The van der Waals surface area contributed by atoms with Gasteiger partial charge in [0.15, 0.2) is 0 Å². The van der Waals surface area contributed by atoms with Gasteiger partial charge in [0.2, 0.25) is 0 Å². The summed E-state index contributed by atoms with van der Waals surface area (Å²) in [4.78, 5) is 2.36. The van der Waals surface area contributed by atoms with E-state index in [1.807, 2.05) is 0 Å². The Hall–Kier alpha value is -1.64. The maximum Gasteiger partial charge on any atom is 0.118 e. The van der Waals surface area contributed by atoms with E-state index in [2.05, 4.69) is 60.5 Å². The van der Waals surface area contributed by atoms with Crippen LogP contribution in [-0.4, -0.2) is 30.1 Å². The number of aliphatic hydroxyl groups is 1. The van der Waals surface area contributed by atoms with E-state index < -0.39 is 5.60 Å². The lowest BCUT2D eigenvalue weighted by molar-refractivity contribution is -0.0138. The zero-order valence-electron chi connectivity index (χ0n) is 13.1. The zero-order chi connectivity index (χ0) is 15.2. The largest absolute Gasteiger partial charge is 0.380 e. The van der Waals surface area contributed by atoms with Crippen molar-refractivity contribution >= 4 is 0 Å². The number of likely N-dealkylation sites (tertiary alicyclic amines) is 1. The molecule has 0 unspecified atom stereocenters. The number of rotatable bonds is 1. The molecule has 0 spiro atoms. The Kier molecular flexibility index (Phi) is 3.32. The summed E-state index contributed by atoms with van der Waals surface area (Å²) < 4.78 is 0. The topological polar surface area (TPSA) is 23.5 Å². The lowest BCUT2D eigenvalue weighted by Crippen LogP contribution is -2.45. The molecule has 0 bridgehead atoms. The van der Waals surface area contributed by atoms with Gasteiger partial charge in [-0.15, -0.1) is 0 Å². The number of hydrogen-bond donors (Lipinski definition) is 1. The number of benzene rings is 2. The molecule has 0 amide bonds. The van der Waals surface area contributed by atoms with E-state index in [-0.39, 0.29) is 0 Å². The third-order valence-electron chi connectivity index (χ3n) is 5.55. The fraction of sp³-hybridized carbons (Fsp3) is 0.400. The minimum absolute atomic E-state index is 0.297. The van der Waals surface area contributed by atoms with Crippen LogP contribution >= 0.6 is 0 Å². The Morgan fingerprint density at radius 1 is 0.909 bits per heavy atom. The van der Waals surface area contributed by atoms with Crippen LogP contribution in [0.4, 0.5) is 0 Å². The molecule has 1 aliphatic heterocycles. The molecule has 22 heavy (non-hydrogen) atoms. The van der Waals surface area contributed by atoms with Crippen LogP contribution < -0.4 is 0 Å². The van der Waals surface area contributed by atoms with Gasteiger partial charge in [0.05, 0.1) is 0 Å². The average Bonchev–Trinajstić information content (AvgIpc) is 2.56. The van der Waals surface area contributed by atoms with Gasteiger partial charge in [0.25, 0.3) is 0 Å². The van der Waals surface area contributed by atoms with Gasteiger partial charge in [-0.05, 0) is 67.6 Å². The number of hydrogen-bond acceptors (Lipinski definition) is 2. The SMILES string of the molecule is CN1CCC(C2(O)c3ccccc3Cc3ccccc32)CC1. The molecule has 1 heterocycles. The predicted molar refractivity (Wildman–Crippen MR) is 88.9 cm³/mol. The van der Waals surface area contributed by atoms with E-state index in [9.17, 15) is 5.11 Å². The minimum Gasteiger partial charge on any atom is -0.380 e. The Morgan fingerprint density at radius 3 is 1.95 bits per heavy atom. The van der Waals surface area contributed by atoms with Crippen LogP contribution in [0.2, 0.25) is 0 Å². The molecule has 2 heteroatoms. The zero-order valence-corrected chi connectivity index (χ0v) is 13.1. The molecule has 0 saturated carbocycles. The van der Waals surface area contributed by atoms with Crippen LogP contribution in [0, 0.1) is 5.92 Å². The van der Waals surface area contributed by atoms with E-state index in [1.54, 1.807) is 0 Å². The molecule has 1 saturated heterocycles. The normalized spacial score (nSPS) is 21.2. The van der Waals surface area contributed by atoms with E-state index >= 15 is 0 Å². The van der Waals surface area contributed by atoms with Crippen LogP contribution in [0.15, 0.2) is 48.5 Å². The molecule has 1 fully saturated rings. The molecule has 0 aromatic heterocycles. The Bertz CT molecular complexity index is 640. The average molecular weight is 293 g/mol. The van der Waals surface area contributed by atoms with Gasteiger partial charge in [0.1, 0.15) is 5.60 Å². The van der Waals surface area contributed by atoms with Crippen LogP contribution in [-0.2, 0) is 12.0 Å². The summed E-state index contributed by atoms with van der Waals surface area (Å²) >= 11 is 0. The highest BCUT2D eigenvalue weighted by molar-refractivity contribution is 5.52. The van der Waals surface area contributed by atoms with E-state index in [0.717, 1.165) is 43.5 Å².